The number of aliphatic hydroxyl groups is 1. The lowest BCUT2D eigenvalue weighted by Gasteiger charge is -2.23. The third-order valence-electron chi connectivity index (χ3n) is 2.88. The first-order valence-electron chi connectivity index (χ1n) is 6.15. The van der Waals surface area contributed by atoms with Gasteiger partial charge in [0.2, 0.25) is 0 Å². The van der Waals surface area contributed by atoms with Crippen molar-refractivity contribution in [2.45, 2.75) is 12.0 Å². The number of thioether (sulfide) groups is 2. The summed E-state index contributed by atoms with van der Waals surface area (Å²) in [6, 6.07) is 9.25. The monoisotopic (exact) mass is 307 g/mol. The average molecular weight is 307 g/mol. The van der Waals surface area contributed by atoms with Crippen LogP contribution in [-0.2, 0) is 12.0 Å². The van der Waals surface area contributed by atoms with Gasteiger partial charge in [-0.3, -0.25) is 4.98 Å². The predicted octanol–water partition coefficient (Wildman–Crippen LogP) is 3.67. The van der Waals surface area contributed by atoms with Gasteiger partial charge in [-0.1, -0.05) is 6.07 Å². The smallest absolute Gasteiger partial charge is 0.147 e. The molecule has 0 spiro atoms. The first-order valence-corrected chi connectivity index (χ1v) is 8.60. The first-order chi connectivity index (χ1) is 9.68. The molecular weight excluding hydrogens is 290 g/mol. The Morgan fingerprint density at radius 2 is 2.10 bits per heavy atom. The highest BCUT2D eigenvalue weighted by atomic mass is 32.2. The Hall–Kier alpha value is -1.17. The molecule has 0 bridgehead atoms. The summed E-state index contributed by atoms with van der Waals surface area (Å²) < 4.78 is 6.46. The maximum absolute atomic E-state index is 11.0. The SMILES string of the molecule is CSC(=CC(O)(Cc1ccccn1)c1ccco1)SC. The summed E-state index contributed by atoms with van der Waals surface area (Å²) in [5.74, 6) is 0.531. The van der Waals surface area contributed by atoms with Crippen molar-refractivity contribution in [2.24, 2.45) is 0 Å². The van der Waals surface area contributed by atoms with Crippen molar-refractivity contribution in [3.63, 3.8) is 0 Å². The molecule has 20 heavy (non-hydrogen) atoms. The normalized spacial score (nSPS) is 13.8. The summed E-state index contributed by atoms with van der Waals surface area (Å²) in [6.07, 6.45) is 9.51. The number of aromatic nitrogens is 1. The van der Waals surface area contributed by atoms with Crippen molar-refractivity contribution in [1.29, 1.82) is 0 Å². The Morgan fingerprint density at radius 1 is 1.30 bits per heavy atom. The minimum absolute atomic E-state index is 0.381. The summed E-state index contributed by atoms with van der Waals surface area (Å²) in [6.45, 7) is 0. The Bertz CT molecular complexity index is 549. The molecule has 106 valence electrons. The largest absolute Gasteiger partial charge is 0.466 e. The molecule has 1 atom stereocenters. The summed E-state index contributed by atoms with van der Waals surface area (Å²) in [4.78, 5) is 4.29. The molecule has 1 unspecified atom stereocenters. The van der Waals surface area contributed by atoms with Gasteiger partial charge in [0.25, 0.3) is 0 Å². The third kappa shape index (κ3) is 3.69. The molecule has 1 N–H and O–H groups in total. The van der Waals surface area contributed by atoms with Crippen LogP contribution in [0.3, 0.4) is 0 Å². The average Bonchev–Trinajstić information content (AvgIpc) is 3.01. The molecule has 2 rings (SSSR count). The van der Waals surface area contributed by atoms with Gasteiger partial charge in [-0.05, 0) is 42.9 Å². The van der Waals surface area contributed by atoms with Gasteiger partial charge < -0.3 is 9.52 Å². The van der Waals surface area contributed by atoms with Gasteiger partial charge in [0, 0.05) is 22.5 Å². The zero-order valence-corrected chi connectivity index (χ0v) is 13.1. The summed E-state index contributed by atoms with van der Waals surface area (Å²) >= 11 is 3.21. The zero-order chi connectivity index (χ0) is 14.4. The molecule has 2 heterocycles. The molecule has 0 aromatic carbocycles. The molecule has 0 amide bonds. The molecule has 0 radical (unpaired) electrons. The van der Waals surface area contributed by atoms with Gasteiger partial charge in [-0.25, -0.2) is 0 Å². The third-order valence-corrected chi connectivity index (χ3v) is 4.92. The van der Waals surface area contributed by atoms with Gasteiger partial charge >= 0.3 is 0 Å². The van der Waals surface area contributed by atoms with E-state index in [1.165, 1.54) is 0 Å². The zero-order valence-electron chi connectivity index (χ0n) is 11.4. The van der Waals surface area contributed by atoms with Crippen LogP contribution in [0.5, 0.6) is 0 Å². The van der Waals surface area contributed by atoms with E-state index in [4.69, 9.17) is 4.42 Å². The lowest BCUT2D eigenvalue weighted by molar-refractivity contribution is 0.0642. The second kappa shape index (κ2) is 7.02. The molecule has 3 nitrogen and oxygen atoms in total. The Balaban J connectivity index is 2.37. The fourth-order valence-electron chi connectivity index (χ4n) is 1.91. The van der Waals surface area contributed by atoms with Gasteiger partial charge in [0.15, 0.2) is 0 Å². The minimum atomic E-state index is -1.18. The minimum Gasteiger partial charge on any atom is -0.466 e. The predicted molar refractivity (Wildman–Crippen MR) is 85.7 cm³/mol. The van der Waals surface area contributed by atoms with E-state index < -0.39 is 5.60 Å². The number of nitrogens with zero attached hydrogens (tertiary/aromatic N) is 1. The van der Waals surface area contributed by atoms with Crippen LogP contribution in [0.2, 0.25) is 0 Å². The van der Waals surface area contributed by atoms with Crippen molar-refractivity contribution in [3.8, 4) is 0 Å². The van der Waals surface area contributed by atoms with Gasteiger partial charge in [0.05, 0.1) is 6.26 Å². The lowest BCUT2D eigenvalue weighted by Crippen LogP contribution is -2.26. The van der Waals surface area contributed by atoms with Crippen molar-refractivity contribution in [2.75, 3.05) is 12.5 Å². The summed E-state index contributed by atoms with van der Waals surface area (Å²) in [5, 5.41) is 11.0. The summed E-state index contributed by atoms with van der Waals surface area (Å²) in [5.41, 5.74) is -0.358. The molecular formula is C15H17NO2S2. The molecule has 0 saturated carbocycles. The molecule has 0 aliphatic heterocycles. The maximum atomic E-state index is 11.0. The van der Waals surface area contributed by atoms with E-state index >= 15 is 0 Å². The van der Waals surface area contributed by atoms with Crippen LogP contribution in [0.1, 0.15) is 11.5 Å². The molecule has 2 aromatic heterocycles. The van der Waals surface area contributed by atoms with Crippen LogP contribution in [0.25, 0.3) is 0 Å². The van der Waals surface area contributed by atoms with Gasteiger partial charge in [0.1, 0.15) is 11.4 Å². The number of furan rings is 1. The standard InChI is InChI=1S/C15H17NO2S2/c1-19-14(20-2)11-15(17,13-7-5-9-18-13)10-12-6-3-4-8-16-12/h3-9,11,17H,10H2,1-2H3. The van der Waals surface area contributed by atoms with Gasteiger partial charge in [-0.15, -0.1) is 23.5 Å². The van der Waals surface area contributed by atoms with E-state index in [0.29, 0.717) is 12.2 Å². The van der Waals surface area contributed by atoms with Gasteiger partial charge in [-0.2, -0.15) is 0 Å². The molecule has 2 aromatic rings. The van der Waals surface area contributed by atoms with Crippen LogP contribution in [0.4, 0.5) is 0 Å². The fraction of sp³-hybridized carbons (Fsp3) is 0.267. The van der Waals surface area contributed by atoms with E-state index in [9.17, 15) is 5.11 Å². The first kappa shape index (κ1) is 15.2. The lowest BCUT2D eigenvalue weighted by atomic mass is 9.94. The fourth-order valence-corrected chi connectivity index (χ4v) is 3.20. The molecule has 0 fully saturated rings. The highest BCUT2D eigenvalue weighted by Crippen LogP contribution is 2.34. The van der Waals surface area contributed by atoms with Crippen molar-refractivity contribution >= 4 is 23.5 Å². The molecule has 0 saturated heterocycles. The molecule has 5 heteroatoms. The Labute approximate surface area is 127 Å². The highest BCUT2D eigenvalue weighted by molar-refractivity contribution is 8.21. The second-order valence-corrected chi connectivity index (χ2v) is 6.23. The maximum Gasteiger partial charge on any atom is 0.147 e. The van der Waals surface area contributed by atoms with Crippen molar-refractivity contribution in [1.82, 2.24) is 4.98 Å². The Kier molecular flexibility index (Phi) is 5.34. The number of rotatable bonds is 6. The van der Waals surface area contributed by atoms with Crippen LogP contribution >= 0.6 is 23.5 Å². The second-order valence-electron chi connectivity index (χ2n) is 4.27. The number of hydrogen-bond donors (Lipinski definition) is 1. The highest BCUT2D eigenvalue weighted by Gasteiger charge is 2.31. The van der Waals surface area contributed by atoms with E-state index in [1.807, 2.05) is 36.8 Å². The van der Waals surface area contributed by atoms with E-state index in [2.05, 4.69) is 4.98 Å². The van der Waals surface area contributed by atoms with Crippen LogP contribution in [0.15, 0.2) is 57.5 Å². The van der Waals surface area contributed by atoms with Crippen molar-refractivity contribution < 1.29 is 9.52 Å². The molecule has 0 aliphatic rings. The quantitative estimate of drug-likeness (QED) is 0.882. The number of hydrogen-bond acceptors (Lipinski definition) is 5. The van der Waals surface area contributed by atoms with Crippen LogP contribution in [0, 0.1) is 0 Å². The van der Waals surface area contributed by atoms with E-state index in [1.54, 1.807) is 48.1 Å². The summed E-state index contributed by atoms with van der Waals surface area (Å²) in [7, 11) is 0. The number of pyridine rings is 1. The Morgan fingerprint density at radius 3 is 2.65 bits per heavy atom. The molecule has 0 aliphatic carbocycles. The van der Waals surface area contributed by atoms with Crippen LogP contribution in [-0.4, -0.2) is 22.6 Å². The van der Waals surface area contributed by atoms with E-state index in [-0.39, 0.29) is 0 Å². The van der Waals surface area contributed by atoms with E-state index in [0.717, 1.165) is 9.93 Å². The van der Waals surface area contributed by atoms with Crippen molar-refractivity contribution in [3.05, 3.63) is 64.6 Å². The van der Waals surface area contributed by atoms with Crippen LogP contribution < -0.4 is 0 Å². The topological polar surface area (TPSA) is 46.3 Å².